The van der Waals surface area contributed by atoms with Crippen molar-refractivity contribution in [2.24, 2.45) is 5.16 Å². The lowest BCUT2D eigenvalue weighted by molar-refractivity contribution is 0.320. The van der Waals surface area contributed by atoms with E-state index < -0.39 is 0 Å². The maximum absolute atomic E-state index is 8.25. The molecule has 0 aliphatic rings. The van der Waals surface area contributed by atoms with Crippen LogP contribution >= 0.6 is 0 Å². The Morgan fingerprint density at radius 1 is 0.600 bits per heavy atom. The van der Waals surface area contributed by atoms with Gasteiger partial charge >= 0.3 is 0 Å². The molecule has 0 aromatic carbocycles. The van der Waals surface area contributed by atoms with Crippen LogP contribution in [0.15, 0.2) is 5.16 Å². The summed E-state index contributed by atoms with van der Waals surface area (Å²) in [5.41, 5.74) is 0. The highest BCUT2D eigenvalue weighted by Crippen LogP contribution is 2.13. The highest BCUT2D eigenvalue weighted by atomic mass is 16.4. The van der Waals surface area contributed by atoms with Crippen molar-refractivity contribution in [3.63, 3.8) is 0 Å². The average Bonchev–Trinajstić information content (AvgIpc) is 2.47. The Morgan fingerprint density at radius 2 is 0.950 bits per heavy atom. The van der Waals surface area contributed by atoms with Crippen LogP contribution in [0.25, 0.3) is 0 Å². The van der Waals surface area contributed by atoms with Crippen LogP contribution in [0.4, 0.5) is 0 Å². The molecule has 2 nitrogen and oxygen atoms in total. The number of unbranched alkanes of at least 4 members (excludes halogenated alkanes) is 15. The SMILES string of the molecule is CCCCCCCCCCCCCCCCCC=NO. The molecular formula is C18H37NO. The molecule has 0 bridgehead atoms. The highest BCUT2D eigenvalue weighted by molar-refractivity contribution is 5.55. The van der Waals surface area contributed by atoms with Gasteiger partial charge in [-0.1, -0.05) is 96.8 Å². The van der Waals surface area contributed by atoms with E-state index in [-0.39, 0.29) is 0 Å². The quantitative estimate of drug-likeness (QED) is 0.145. The fourth-order valence-corrected chi connectivity index (χ4v) is 2.66. The molecule has 0 aliphatic heterocycles. The number of oxime groups is 1. The maximum Gasteiger partial charge on any atom is 0.0435 e. The van der Waals surface area contributed by atoms with Gasteiger partial charge in [-0.05, 0) is 12.8 Å². The van der Waals surface area contributed by atoms with Gasteiger partial charge in [-0.3, -0.25) is 0 Å². The molecule has 20 heavy (non-hydrogen) atoms. The first-order valence-electron chi connectivity index (χ1n) is 9.07. The first-order chi connectivity index (χ1) is 9.91. The van der Waals surface area contributed by atoms with E-state index in [4.69, 9.17) is 5.21 Å². The van der Waals surface area contributed by atoms with Crippen LogP contribution in [0.5, 0.6) is 0 Å². The van der Waals surface area contributed by atoms with Crippen molar-refractivity contribution in [3.8, 4) is 0 Å². The summed E-state index contributed by atoms with van der Waals surface area (Å²) in [4.78, 5) is 0. The second-order valence-electron chi connectivity index (χ2n) is 6.04. The third-order valence-electron chi connectivity index (χ3n) is 4.02. The lowest BCUT2D eigenvalue weighted by atomic mass is 10.0. The van der Waals surface area contributed by atoms with Gasteiger partial charge in [0.05, 0.1) is 0 Å². The molecule has 2 heteroatoms. The Balaban J connectivity index is 2.92. The molecule has 0 rings (SSSR count). The van der Waals surface area contributed by atoms with Crippen molar-refractivity contribution >= 4 is 6.21 Å². The van der Waals surface area contributed by atoms with Gasteiger partial charge in [-0.15, -0.1) is 5.16 Å². The largest absolute Gasteiger partial charge is 0.411 e. The summed E-state index contributed by atoms with van der Waals surface area (Å²) in [6.45, 7) is 2.28. The standard InChI is InChI=1S/C18H37NO/c1-2-3-4-5-6-7-8-9-10-11-12-13-14-15-16-17-18-19-20/h18,20H,2-17H2,1H3. The van der Waals surface area contributed by atoms with E-state index in [1.54, 1.807) is 6.21 Å². The van der Waals surface area contributed by atoms with Crippen LogP contribution in [0.3, 0.4) is 0 Å². The van der Waals surface area contributed by atoms with Gasteiger partial charge in [0.15, 0.2) is 0 Å². The van der Waals surface area contributed by atoms with E-state index in [1.165, 1.54) is 96.3 Å². The Bertz CT molecular complexity index is 192. The molecule has 0 saturated carbocycles. The molecular weight excluding hydrogens is 246 g/mol. The maximum atomic E-state index is 8.25. The molecule has 1 N–H and O–H groups in total. The van der Waals surface area contributed by atoms with E-state index in [9.17, 15) is 0 Å². The lowest BCUT2D eigenvalue weighted by Gasteiger charge is -2.03. The van der Waals surface area contributed by atoms with E-state index in [0.717, 1.165) is 6.42 Å². The summed E-state index contributed by atoms with van der Waals surface area (Å²) >= 11 is 0. The minimum atomic E-state index is 0.925. The summed E-state index contributed by atoms with van der Waals surface area (Å²) in [7, 11) is 0. The van der Waals surface area contributed by atoms with Gasteiger partial charge in [0.2, 0.25) is 0 Å². The van der Waals surface area contributed by atoms with Crippen LogP contribution in [0.2, 0.25) is 0 Å². The number of rotatable bonds is 16. The van der Waals surface area contributed by atoms with Gasteiger partial charge in [0.25, 0.3) is 0 Å². The summed E-state index contributed by atoms with van der Waals surface area (Å²) < 4.78 is 0. The van der Waals surface area contributed by atoms with Crippen molar-refractivity contribution in [1.29, 1.82) is 0 Å². The van der Waals surface area contributed by atoms with Crippen molar-refractivity contribution < 1.29 is 5.21 Å². The molecule has 120 valence electrons. The van der Waals surface area contributed by atoms with E-state index >= 15 is 0 Å². The van der Waals surface area contributed by atoms with Crippen LogP contribution in [0.1, 0.15) is 110 Å². The molecule has 0 fully saturated rings. The number of nitrogens with zero attached hydrogens (tertiary/aromatic N) is 1. The molecule has 0 spiro atoms. The van der Waals surface area contributed by atoms with Gasteiger partial charge in [0, 0.05) is 6.21 Å². The zero-order valence-corrected chi connectivity index (χ0v) is 13.8. The van der Waals surface area contributed by atoms with Crippen LogP contribution in [0, 0.1) is 0 Å². The predicted octanol–water partition coefficient (Wildman–Crippen LogP) is 6.71. The Kier molecular flexibility index (Phi) is 18.0. The molecule has 0 aromatic rings. The summed E-state index contributed by atoms with van der Waals surface area (Å²) in [5.74, 6) is 0. The third-order valence-corrected chi connectivity index (χ3v) is 4.02. The minimum Gasteiger partial charge on any atom is -0.411 e. The van der Waals surface area contributed by atoms with Crippen molar-refractivity contribution in [1.82, 2.24) is 0 Å². The summed E-state index contributed by atoms with van der Waals surface area (Å²) in [6, 6.07) is 0. The monoisotopic (exact) mass is 283 g/mol. The molecule has 0 atom stereocenters. The minimum absolute atomic E-state index is 0.925. The fourth-order valence-electron chi connectivity index (χ4n) is 2.66. The Labute approximate surface area is 127 Å². The predicted molar refractivity (Wildman–Crippen MR) is 89.8 cm³/mol. The third kappa shape index (κ3) is 17.5. The molecule has 0 amide bonds. The normalized spacial score (nSPS) is 11.4. The average molecular weight is 283 g/mol. The molecule has 0 heterocycles. The van der Waals surface area contributed by atoms with Gasteiger partial charge in [-0.2, -0.15) is 0 Å². The highest BCUT2D eigenvalue weighted by Gasteiger charge is 1.94. The van der Waals surface area contributed by atoms with Crippen molar-refractivity contribution in [2.45, 2.75) is 110 Å². The molecule has 0 aliphatic carbocycles. The number of hydrogen-bond acceptors (Lipinski definition) is 2. The van der Waals surface area contributed by atoms with Crippen molar-refractivity contribution in [2.75, 3.05) is 0 Å². The van der Waals surface area contributed by atoms with Gasteiger partial charge in [0.1, 0.15) is 0 Å². The molecule has 0 saturated heterocycles. The second kappa shape index (κ2) is 18.5. The van der Waals surface area contributed by atoms with Crippen LogP contribution in [-0.2, 0) is 0 Å². The zero-order chi connectivity index (χ0) is 14.7. The van der Waals surface area contributed by atoms with Gasteiger partial charge < -0.3 is 5.21 Å². The van der Waals surface area contributed by atoms with E-state index in [0.29, 0.717) is 0 Å². The van der Waals surface area contributed by atoms with Crippen LogP contribution in [-0.4, -0.2) is 11.4 Å². The van der Waals surface area contributed by atoms with Crippen LogP contribution < -0.4 is 0 Å². The molecule has 0 unspecified atom stereocenters. The topological polar surface area (TPSA) is 32.6 Å². The Hall–Kier alpha value is -0.530. The Morgan fingerprint density at radius 3 is 1.30 bits per heavy atom. The summed E-state index contributed by atoms with van der Waals surface area (Å²) in [6.07, 6.45) is 23.5. The molecule has 0 aromatic heterocycles. The zero-order valence-electron chi connectivity index (χ0n) is 13.8. The fraction of sp³-hybridized carbons (Fsp3) is 0.944. The first-order valence-corrected chi connectivity index (χ1v) is 9.07. The smallest absolute Gasteiger partial charge is 0.0435 e. The van der Waals surface area contributed by atoms with E-state index in [1.807, 2.05) is 0 Å². The second-order valence-corrected chi connectivity index (χ2v) is 6.04. The van der Waals surface area contributed by atoms with Crippen molar-refractivity contribution in [3.05, 3.63) is 0 Å². The lowest BCUT2D eigenvalue weighted by Crippen LogP contribution is -1.84. The number of hydrogen-bond donors (Lipinski definition) is 1. The first kappa shape index (κ1) is 19.5. The summed E-state index contributed by atoms with van der Waals surface area (Å²) in [5, 5.41) is 11.3. The van der Waals surface area contributed by atoms with Gasteiger partial charge in [-0.25, -0.2) is 0 Å². The van der Waals surface area contributed by atoms with E-state index in [2.05, 4.69) is 12.1 Å². The molecule has 0 radical (unpaired) electrons.